The maximum Gasteiger partial charge on any atom is 0.181 e. The zero-order chi connectivity index (χ0) is 11.7. The highest BCUT2D eigenvalue weighted by Gasteiger charge is 2.16. The van der Waals surface area contributed by atoms with Crippen LogP contribution < -0.4 is 0 Å². The number of Topliss-reactive ketones (excluding diaryl/α,β-unsaturated/α-hetero) is 1. The van der Waals surface area contributed by atoms with Crippen molar-refractivity contribution in [3.63, 3.8) is 0 Å². The van der Waals surface area contributed by atoms with Crippen LogP contribution in [0.4, 0.5) is 0 Å². The Labute approximate surface area is 98.5 Å². The van der Waals surface area contributed by atoms with Crippen molar-refractivity contribution in [2.75, 3.05) is 0 Å². The molecule has 3 heteroatoms. The molecule has 0 saturated heterocycles. The number of alkyl halides is 1. The molecule has 0 spiro atoms. The van der Waals surface area contributed by atoms with E-state index in [1.54, 1.807) is 19.1 Å². The van der Waals surface area contributed by atoms with Crippen LogP contribution in [0.1, 0.15) is 17.3 Å². The van der Waals surface area contributed by atoms with Gasteiger partial charge in [-0.3, -0.25) is 4.79 Å². The minimum absolute atomic E-state index is 0.127. The molecule has 82 valence electrons. The van der Waals surface area contributed by atoms with Crippen molar-refractivity contribution in [3.05, 3.63) is 42.0 Å². The van der Waals surface area contributed by atoms with Gasteiger partial charge >= 0.3 is 0 Å². The summed E-state index contributed by atoms with van der Waals surface area (Å²) >= 11 is 5.79. The summed E-state index contributed by atoms with van der Waals surface area (Å²) in [5.74, 6) is 0.0484. The van der Waals surface area contributed by atoms with Crippen LogP contribution >= 0.6 is 11.6 Å². The van der Waals surface area contributed by atoms with Gasteiger partial charge in [0, 0.05) is 10.9 Å². The highest BCUT2D eigenvalue weighted by Crippen LogP contribution is 2.28. The lowest BCUT2D eigenvalue weighted by Gasteiger charge is -2.08. The number of rotatable bonds is 2. The number of phenolic OH excluding ortho intramolecular Hbond substituents is 1. The van der Waals surface area contributed by atoms with Crippen molar-refractivity contribution in [2.24, 2.45) is 0 Å². The van der Waals surface area contributed by atoms with Crippen molar-refractivity contribution in [1.29, 1.82) is 0 Å². The maximum atomic E-state index is 11.9. The Morgan fingerprint density at radius 3 is 2.44 bits per heavy atom. The molecule has 2 nitrogen and oxygen atoms in total. The Morgan fingerprint density at radius 1 is 1.19 bits per heavy atom. The van der Waals surface area contributed by atoms with Gasteiger partial charge in [-0.15, -0.1) is 11.6 Å². The SMILES string of the molecule is CC(Cl)C(=O)c1ccc(O)c2ccccc12. The zero-order valence-electron chi connectivity index (χ0n) is 8.77. The Morgan fingerprint density at radius 2 is 1.81 bits per heavy atom. The van der Waals surface area contributed by atoms with E-state index in [2.05, 4.69) is 0 Å². The fourth-order valence-electron chi connectivity index (χ4n) is 1.71. The maximum absolute atomic E-state index is 11.9. The summed E-state index contributed by atoms with van der Waals surface area (Å²) in [4.78, 5) is 11.9. The number of ketones is 1. The van der Waals surface area contributed by atoms with Crippen LogP contribution in [-0.4, -0.2) is 16.3 Å². The summed E-state index contributed by atoms with van der Waals surface area (Å²) in [6.45, 7) is 1.64. The van der Waals surface area contributed by atoms with Gasteiger partial charge in [0.2, 0.25) is 0 Å². The molecule has 2 aromatic carbocycles. The van der Waals surface area contributed by atoms with Crippen molar-refractivity contribution in [2.45, 2.75) is 12.3 Å². The molecule has 0 aliphatic rings. The highest BCUT2D eigenvalue weighted by molar-refractivity contribution is 6.35. The van der Waals surface area contributed by atoms with Crippen LogP contribution in [0.25, 0.3) is 10.8 Å². The van der Waals surface area contributed by atoms with E-state index < -0.39 is 5.38 Å². The number of halogens is 1. The number of benzene rings is 2. The van der Waals surface area contributed by atoms with E-state index in [1.807, 2.05) is 18.2 Å². The van der Waals surface area contributed by atoms with Gasteiger partial charge in [-0.25, -0.2) is 0 Å². The first-order valence-electron chi connectivity index (χ1n) is 5.00. The molecule has 0 fully saturated rings. The summed E-state index contributed by atoms with van der Waals surface area (Å²) in [5.41, 5.74) is 0.552. The van der Waals surface area contributed by atoms with Gasteiger partial charge in [0.05, 0.1) is 5.38 Å². The molecule has 0 amide bonds. The summed E-state index contributed by atoms with van der Waals surface area (Å²) in [5, 5.41) is 10.5. The summed E-state index contributed by atoms with van der Waals surface area (Å²) in [6, 6.07) is 10.4. The first-order valence-corrected chi connectivity index (χ1v) is 5.44. The quantitative estimate of drug-likeness (QED) is 0.639. The van der Waals surface area contributed by atoms with Crippen LogP contribution in [0, 0.1) is 0 Å². The third kappa shape index (κ3) is 1.76. The molecule has 0 aromatic heterocycles. The molecule has 1 N–H and O–H groups in total. The Bertz CT molecular complexity index is 547. The van der Waals surface area contributed by atoms with Crippen LogP contribution in [-0.2, 0) is 0 Å². The minimum atomic E-state index is -0.562. The largest absolute Gasteiger partial charge is 0.507 e. The number of hydrogen-bond acceptors (Lipinski definition) is 2. The van der Waals surface area contributed by atoms with Gasteiger partial charge in [-0.05, 0) is 24.4 Å². The molecule has 0 radical (unpaired) electrons. The average Bonchev–Trinajstić information content (AvgIpc) is 2.29. The summed E-state index contributed by atoms with van der Waals surface area (Å²) in [7, 11) is 0. The predicted molar refractivity (Wildman–Crippen MR) is 65.3 cm³/mol. The number of carbonyl (C=O) groups is 1. The van der Waals surface area contributed by atoms with Crippen LogP contribution in [0.15, 0.2) is 36.4 Å². The summed E-state index contributed by atoms with van der Waals surface area (Å²) < 4.78 is 0. The topological polar surface area (TPSA) is 37.3 Å². The van der Waals surface area contributed by atoms with Crippen molar-refractivity contribution in [3.8, 4) is 5.75 Å². The van der Waals surface area contributed by atoms with E-state index in [4.69, 9.17) is 11.6 Å². The van der Waals surface area contributed by atoms with E-state index in [-0.39, 0.29) is 11.5 Å². The Kier molecular flexibility index (Phi) is 2.84. The second-order valence-electron chi connectivity index (χ2n) is 3.66. The number of aromatic hydroxyl groups is 1. The Hall–Kier alpha value is -1.54. The first-order chi connectivity index (χ1) is 7.61. The van der Waals surface area contributed by atoms with Crippen LogP contribution in [0.3, 0.4) is 0 Å². The van der Waals surface area contributed by atoms with Gasteiger partial charge in [-0.2, -0.15) is 0 Å². The first kappa shape index (κ1) is 11.0. The van der Waals surface area contributed by atoms with Gasteiger partial charge in [0.1, 0.15) is 5.75 Å². The molecule has 1 unspecified atom stereocenters. The standard InChI is InChI=1S/C13H11ClO2/c1-8(14)13(16)11-6-7-12(15)10-5-3-2-4-9(10)11/h2-8,15H,1H3. The summed E-state index contributed by atoms with van der Waals surface area (Å²) in [6.07, 6.45) is 0. The molecular weight excluding hydrogens is 224 g/mol. The highest BCUT2D eigenvalue weighted by atomic mass is 35.5. The van der Waals surface area contributed by atoms with Gasteiger partial charge in [0.15, 0.2) is 5.78 Å². The molecule has 0 aliphatic heterocycles. The lowest BCUT2D eigenvalue weighted by molar-refractivity contribution is 0.0993. The second-order valence-corrected chi connectivity index (χ2v) is 4.31. The number of fused-ring (bicyclic) bond motifs is 1. The second kappa shape index (κ2) is 4.14. The normalized spacial score (nSPS) is 12.6. The third-order valence-corrected chi connectivity index (χ3v) is 2.73. The molecule has 1 atom stereocenters. The zero-order valence-corrected chi connectivity index (χ0v) is 9.53. The van der Waals surface area contributed by atoms with Gasteiger partial charge in [0.25, 0.3) is 0 Å². The molecule has 0 saturated carbocycles. The van der Waals surface area contributed by atoms with Crippen molar-refractivity contribution >= 4 is 28.2 Å². The molecule has 0 aliphatic carbocycles. The Balaban J connectivity index is 2.72. The molecular formula is C13H11ClO2. The number of phenols is 1. The van der Waals surface area contributed by atoms with Crippen LogP contribution in [0.5, 0.6) is 5.75 Å². The van der Waals surface area contributed by atoms with E-state index >= 15 is 0 Å². The number of hydrogen-bond donors (Lipinski definition) is 1. The predicted octanol–water partition coefficient (Wildman–Crippen LogP) is 3.36. The fraction of sp³-hybridized carbons (Fsp3) is 0.154. The molecule has 16 heavy (non-hydrogen) atoms. The van der Waals surface area contributed by atoms with Crippen molar-refractivity contribution in [1.82, 2.24) is 0 Å². The monoisotopic (exact) mass is 234 g/mol. The molecule has 2 rings (SSSR count). The lowest BCUT2D eigenvalue weighted by atomic mass is 9.99. The van der Waals surface area contributed by atoms with E-state index in [1.165, 1.54) is 6.07 Å². The molecule has 2 aromatic rings. The van der Waals surface area contributed by atoms with Gasteiger partial charge < -0.3 is 5.11 Å². The third-order valence-electron chi connectivity index (χ3n) is 2.53. The molecule has 0 heterocycles. The average molecular weight is 235 g/mol. The smallest absolute Gasteiger partial charge is 0.181 e. The van der Waals surface area contributed by atoms with Crippen LogP contribution in [0.2, 0.25) is 0 Å². The lowest BCUT2D eigenvalue weighted by Crippen LogP contribution is -2.10. The number of carbonyl (C=O) groups excluding carboxylic acids is 1. The van der Waals surface area contributed by atoms with Gasteiger partial charge in [-0.1, -0.05) is 24.3 Å². The van der Waals surface area contributed by atoms with Crippen molar-refractivity contribution < 1.29 is 9.90 Å². The fourth-order valence-corrected chi connectivity index (χ4v) is 1.83. The van der Waals surface area contributed by atoms with E-state index in [0.29, 0.717) is 10.9 Å². The molecule has 0 bridgehead atoms. The van der Waals surface area contributed by atoms with E-state index in [0.717, 1.165) is 5.39 Å². The van der Waals surface area contributed by atoms with E-state index in [9.17, 15) is 9.90 Å². The minimum Gasteiger partial charge on any atom is -0.507 e.